The van der Waals surface area contributed by atoms with Crippen LogP contribution in [0, 0.1) is 0 Å². The maximum absolute atomic E-state index is 3.46. The van der Waals surface area contributed by atoms with Crippen molar-refractivity contribution in [2.24, 2.45) is 0 Å². The number of piperazine rings is 1. The quantitative estimate of drug-likeness (QED) is 0.845. The monoisotopic (exact) mass is 248 g/mol. The highest BCUT2D eigenvalue weighted by Crippen LogP contribution is 2.08. The second kappa shape index (κ2) is 6.73. The van der Waals surface area contributed by atoms with Gasteiger partial charge in [-0.2, -0.15) is 0 Å². The number of likely N-dealkylation sites (N-methyl/N-ethyl adjacent to an activating group) is 1. The van der Waals surface area contributed by atoms with E-state index in [0.29, 0.717) is 0 Å². The van der Waals surface area contributed by atoms with Crippen LogP contribution < -0.4 is 5.43 Å². The van der Waals surface area contributed by atoms with Gasteiger partial charge < -0.3 is 10.3 Å². The fraction of sp³-hybridized carbons (Fsp3) is 0.571. The fourth-order valence-corrected chi connectivity index (χ4v) is 2.12. The molecule has 0 aliphatic carbocycles. The summed E-state index contributed by atoms with van der Waals surface area (Å²) in [6.45, 7) is 6.78. The van der Waals surface area contributed by atoms with Crippen molar-refractivity contribution in [3.8, 4) is 0 Å². The first-order valence-corrected chi connectivity index (χ1v) is 6.68. The van der Waals surface area contributed by atoms with Crippen molar-refractivity contribution >= 4 is 5.69 Å². The molecule has 4 heteroatoms. The van der Waals surface area contributed by atoms with Crippen LogP contribution in [0.15, 0.2) is 30.3 Å². The summed E-state index contributed by atoms with van der Waals surface area (Å²) in [5, 5.41) is 2.31. The van der Waals surface area contributed by atoms with E-state index in [1.807, 2.05) is 6.07 Å². The molecule has 0 bridgehead atoms. The fourth-order valence-electron chi connectivity index (χ4n) is 2.12. The Bertz CT molecular complexity index is 331. The highest BCUT2D eigenvalue weighted by Gasteiger charge is 2.16. The summed E-state index contributed by atoms with van der Waals surface area (Å²) >= 11 is 0. The molecule has 1 saturated heterocycles. The summed E-state index contributed by atoms with van der Waals surface area (Å²) < 4.78 is 0. The summed E-state index contributed by atoms with van der Waals surface area (Å²) in [5.41, 5.74) is 4.64. The molecular formula is C14H24N4. The van der Waals surface area contributed by atoms with Crippen LogP contribution in [0.25, 0.3) is 0 Å². The van der Waals surface area contributed by atoms with Crippen LogP contribution in [-0.4, -0.2) is 68.2 Å². The summed E-state index contributed by atoms with van der Waals surface area (Å²) in [7, 11) is 4.26. The Hall–Kier alpha value is -1.10. The maximum Gasteiger partial charge on any atom is 0.0490 e. The Balaban J connectivity index is 1.70. The second-order valence-electron chi connectivity index (χ2n) is 5.11. The molecule has 0 atom stereocenters. The van der Waals surface area contributed by atoms with Crippen molar-refractivity contribution in [3.05, 3.63) is 30.3 Å². The van der Waals surface area contributed by atoms with E-state index in [9.17, 15) is 0 Å². The van der Waals surface area contributed by atoms with E-state index < -0.39 is 0 Å². The van der Waals surface area contributed by atoms with E-state index in [4.69, 9.17) is 0 Å². The molecule has 100 valence electrons. The molecule has 1 aromatic carbocycles. The molecule has 1 aromatic rings. The van der Waals surface area contributed by atoms with Gasteiger partial charge in [0.05, 0.1) is 0 Å². The van der Waals surface area contributed by atoms with E-state index in [1.54, 1.807) is 0 Å². The SMILES string of the molecule is CN(C)CCN1CCN(Nc2ccccc2)CC1. The standard InChI is InChI=1S/C14H24N4/c1-16(2)8-9-17-10-12-18(13-11-17)15-14-6-4-3-5-7-14/h3-7,15H,8-13H2,1-2H3. The number of benzene rings is 1. The van der Waals surface area contributed by atoms with Gasteiger partial charge in [0.1, 0.15) is 0 Å². The third kappa shape index (κ3) is 4.29. The van der Waals surface area contributed by atoms with Crippen LogP contribution in [0.3, 0.4) is 0 Å². The summed E-state index contributed by atoms with van der Waals surface area (Å²) in [5.74, 6) is 0. The van der Waals surface area contributed by atoms with E-state index in [-0.39, 0.29) is 0 Å². The number of nitrogens with zero attached hydrogens (tertiary/aromatic N) is 3. The first-order valence-electron chi connectivity index (χ1n) is 6.68. The lowest BCUT2D eigenvalue weighted by atomic mass is 10.3. The van der Waals surface area contributed by atoms with Crippen LogP contribution in [0.5, 0.6) is 0 Å². The maximum atomic E-state index is 3.46. The average Bonchev–Trinajstić information content (AvgIpc) is 2.39. The Kier molecular flexibility index (Phi) is 4.99. The van der Waals surface area contributed by atoms with E-state index in [1.165, 1.54) is 12.2 Å². The van der Waals surface area contributed by atoms with Crippen LogP contribution >= 0.6 is 0 Å². The highest BCUT2D eigenvalue weighted by molar-refractivity contribution is 5.41. The van der Waals surface area contributed by atoms with Gasteiger partial charge in [0, 0.05) is 45.0 Å². The lowest BCUT2D eigenvalue weighted by Crippen LogP contribution is -2.49. The number of para-hydroxylation sites is 1. The lowest BCUT2D eigenvalue weighted by Gasteiger charge is -2.35. The smallest absolute Gasteiger partial charge is 0.0490 e. The van der Waals surface area contributed by atoms with Gasteiger partial charge in [-0.25, -0.2) is 5.01 Å². The van der Waals surface area contributed by atoms with Crippen molar-refractivity contribution in [1.29, 1.82) is 0 Å². The zero-order valence-corrected chi connectivity index (χ0v) is 11.5. The number of nitrogens with one attached hydrogen (secondary N) is 1. The molecule has 4 nitrogen and oxygen atoms in total. The Morgan fingerprint density at radius 3 is 2.33 bits per heavy atom. The third-order valence-corrected chi connectivity index (χ3v) is 3.30. The van der Waals surface area contributed by atoms with E-state index in [2.05, 4.69) is 58.6 Å². The minimum atomic E-state index is 1.09. The van der Waals surface area contributed by atoms with Gasteiger partial charge in [-0.05, 0) is 26.2 Å². The Morgan fingerprint density at radius 1 is 1.06 bits per heavy atom. The molecule has 18 heavy (non-hydrogen) atoms. The molecule has 0 saturated carbocycles. The van der Waals surface area contributed by atoms with E-state index >= 15 is 0 Å². The normalized spacial score (nSPS) is 18.2. The Labute approximate surface area is 110 Å². The number of hydrogen-bond acceptors (Lipinski definition) is 4. The van der Waals surface area contributed by atoms with Crippen molar-refractivity contribution in [2.45, 2.75) is 0 Å². The largest absolute Gasteiger partial charge is 0.319 e. The summed E-state index contributed by atoms with van der Waals surface area (Å²) in [4.78, 5) is 4.78. The van der Waals surface area contributed by atoms with Gasteiger partial charge in [0.25, 0.3) is 0 Å². The predicted molar refractivity (Wildman–Crippen MR) is 76.6 cm³/mol. The molecule has 2 rings (SSSR count). The van der Waals surface area contributed by atoms with Gasteiger partial charge in [0.15, 0.2) is 0 Å². The van der Waals surface area contributed by atoms with Crippen LogP contribution in [0.2, 0.25) is 0 Å². The number of hydrazine groups is 1. The van der Waals surface area contributed by atoms with Crippen molar-refractivity contribution in [3.63, 3.8) is 0 Å². The van der Waals surface area contributed by atoms with Crippen molar-refractivity contribution < 1.29 is 0 Å². The first kappa shape index (κ1) is 13.3. The van der Waals surface area contributed by atoms with Gasteiger partial charge in [-0.1, -0.05) is 18.2 Å². The zero-order valence-electron chi connectivity index (χ0n) is 11.5. The zero-order chi connectivity index (χ0) is 12.8. The topological polar surface area (TPSA) is 21.8 Å². The van der Waals surface area contributed by atoms with Crippen molar-refractivity contribution in [2.75, 3.05) is 58.8 Å². The summed E-state index contributed by atoms with van der Waals surface area (Å²) in [6.07, 6.45) is 0. The lowest BCUT2D eigenvalue weighted by molar-refractivity contribution is 0.143. The Morgan fingerprint density at radius 2 is 1.72 bits per heavy atom. The molecule has 1 N–H and O–H groups in total. The molecule has 0 amide bonds. The number of hydrogen-bond donors (Lipinski definition) is 1. The predicted octanol–water partition coefficient (Wildman–Crippen LogP) is 1.19. The van der Waals surface area contributed by atoms with Gasteiger partial charge in [0.2, 0.25) is 0 Å². The minimum absolute atomic E-state index is 1.09. The molecule has 1 heterocycles. The van der Waals surface area contributed by atoms with Crippen molar-refractivity contribution in [1.82, 2.24) is 14.8 Å². The molecule has 0 aromatic heterocycles. The van der Waals surface area contributed by atoms with Crippen LogP contribution in [0.4, 0.5) is 5.69 Å². The number of anilines is 1. The van der Waals surface area contributed by atoms with Crippen LogP contribution in [-0.2, 0) is 0 Å². The van der Waals surface area contributed by atoms with Gasteiger partial charge in [-0.15, -0.1) is 0 Å². The molecular weight excluding hydrogens is 224 g/mol. The summed E-state index contributed by atoms with van der Waals surface area (Å²) in [6, 6.07) is 10.4. The second-order valence-corrected chi connectivity index (χ2v) is 5.11. The molecule has 1 aliphatic rings. The molecule has 0 radical (unpaired) electrons. The highest BCUT2D eigenvalue weighted by atomic mass is 15.5. The third-order valence-electron chi connectivity index (χ3n) is 3.30. The molecule has 0 unspecified atom stereocenters. The minimum Gasteiger partial charge on any atom is -0.319 e. The number of rotatable bonds is 5. The van der Waals surface area contributed by atoms with E-state index in [0.717, 1.165) is 32.7 Å². The first-order chi connectivity index (χ1) is 8.74. The van der Waals surface area contributed by atoms with Gasteiger partial charge >= 0.3 is 0 Å². The van der Waals surface area contributed by atoms with Crippen LogP contribution in [0.1, 0.15) is 0 Å². The van der Waals surface area contributed by atoms with Gasteiger partial charge in [-0.3, -0.25) is 4.90 Å². The molecule has 1 aliphatic heterocycles. The molecule has 1 fully saturated rings. The molecule has 0 spiro atoms. The average molecular weight is 248 g/mol.